The van der Waals surface area contributed by atoms with Crippen LogP contribution in [-0.2, 0) is 19.4 Å². The van der Waals surface area contributed by atoms with Crippen LogP contribution in [0.3, 0.4) is 0 Å². The maximum absolute atomic E-state index is 5.12. The van der Waals surface area contributed by atoms with Gasteiger partial charge in [-0.05, 0) is 20.8 Å². The summed E-state index contributed by atoms with van der Waals surface area (Å²) in [5, 5.41) is 0. The Labute approximate surface area is 117 Å². The Morgan fingerprint density at radius 3 is 1.62 bits per heavy atom. The van der Waals surface area contributed by atoms with Crippen molar-refractivity contribution in [2.45, 2.75) is 26.4 Å². The number of ether oxygens (including phenoxy) is 1. The van der Waals surface area contributed by atoms with Gasteiger partial charge in [0.1, 0.15) is 0 Å². The molecule has 0 aliphatic heterocycles. The van der Waals surface area contributed by atoms with E-state index in [9.17, 15) is 0 Å². The number of halogens is 3. The molecule has 0 unspecified atom stereocenters. The van der Waals surface area contributed by atoms with Crippen LogP contribution in [0.4, 0.5) is 0 Å². The summed E-state index contributed by atoms with van der Waals surface area (Å²) in [7, 11) is 14.9. The maximum atomic E-state index is 5.12. The van der Waals surface area contributed by atoms with Gasteiger partial charge in [0.25, 0.3) is 0 Å². The third-order valence-corrected chi connectivity index (χ3v) is 1.09. The summed E-state index contributed by atoms with van der Waals surface area (Å²) in [5.41, 5.74) is -0.0122. The van der Waals surface area contributed by atoms with E-state index < -0.39 is 14.7 Å². The summed E-state index contributed by atoms with van der Waals surface area (Å²) in [6, 6.07) is 10.0. The average molecular weight is 320 g/mol. The Bertz CT molecular complexity index is 188. The van der Waals surface area contributed by atoms with E-state index >= 15 is 0 Å². The topological polar surface area (TPSA) is 9.23 Å². The van der Waals surface area contributed by atoms with Gasteiger partial charge < -0.3 is 11.7 Å². The molecule has 0 spiro atoms. The first-order valence-electron chi connectivity index (χ1n) is 4.73. The van der Waals surface area contributed by atoms with Crippen molar-refractivity contribution in [3.05, 3.63) is 37.3 Å². The van der Waals surface area contributed by atoms with Gasteiger partial charge in [-0.3, -0.25) is 0 Å². The monoisotopic (exact) mass is 319 g/mol. The van der Waals surface area contributed by atoms with Crippen LogP contribution < -0.4 is 0 Å². The molecular formula is C11H18Cl3OTi-2. The molecule has 0 saturated carbocycles. The van der Waals surface area contributed by atoms with Gasteiger partial charge in [0, 0.05) is 0 Å². The quantitative estimate of drug-likeness (QED) is 0.516. The van der Waals surface area contributed by atoms with E-state index in [0.29, 0.717) is 6.61 Å². The molecule has 95 valence electrons. The summed E-state index contributed by atoms with van der Waals surface area (Å²) in [6.45, 7) is 10.1. The number of hydrogen-bond acceptors (Lipinski definition) is 1. The van der Waals surface area contributed by atoms with Crippen molar-refractivity contribution in [1.29, 1.82) is 0 Å². The standard InChI is InChI=1S/C6H13O.C5H5.3ClH.Ti/c1-5-7-6(2,3)4;1-2-4-5-3-1;;;;/h1,5H2,2-4H3;1-5H;3*1H;/q2*-1;;;;+3/p-3. The Morgan fingerprint density at radius 2 is 1.56 bits per heavy atom. The molecule has 16 heavy (non-hydrogen) atoms. The zero-order chi connectivity index (χ0) is 13.0. The molecule has 0 aliphatic carbocycles. The van der Waals surface area contributed by atoms with Crippen molar-refractivity contribution in [1.82, 2.24) is 0 Å². The van der Waals surface area contributed by atoms with E-state index in [1.807, 2.05) is 51.1 Å². The van der Waals surface area contributed by atoms with Crippen LogP contribution in [-0.4, -0.2) is 12.2 Å². The second kappa shape index (κ2) is 12.4. The van der Waals surface area contributed by atoms with Gasteiger partial charge in [0.2, 0.25) is 0 Å². The summed E-state index contributed by atoms with van der Waals surface area (Å²) < 4.78 is 5.12. The minimum Gasteiger partial charge on any atom is -0.214 e. The first-order chi connectivity index (χ1) is 7.29. The number of rotatable bonds is 1. The van der Waals surface area contributed by atoms with Crippen molar-refractivity contribution in [3.63, 3.8) is 0 Å². The Hall–Kier alpha value is 0.894. The molecule has 1 aromatic carbocycles. The van der Waals surface area contributed by atoms with Gasteiger partial charge in [0.15, 0.2) is 0 Å². The second-order valence-corrected chi connectivity index (χ2v) is 11.4. The first-order valence-corrected chi connectivity index (χ1v) is 11.2. The molecule has 1 rings (SSSR count). The normalized spacial score (nSPS) is 9.44. The van der Waals surface area contributed by atoms with Crippen LogP contribution in [0.5, 0.6) is 0 Å². The molecule has 0 N–H and O–H groups in total. The summed E-state index contributed by atoms with van der Waals surface area (Å²) in [4.78, 5) is 0. The molecule has 0 aromatic heterocycles. The molecule has 1 nitrogen and oxygen atoms in total. The van der Waals surface area contributed by atoms with Crippen molar-refractivity contribution in [3.8, 4) is 0 Å². The minimum atomic E-state index is -1.92. The van der Waals surface area contributed by atoms with E-state index in [-0.39, 0.29) is 5.60 Å². The SMILES string of the molecule is [CH2-]COC(C)(C)C.[Cl][Ti]([Cl])[Cl].c1cc[cH-]c1. The van der Waals surface area contributed by atoms with Crippen molar-refractivity contribution in [2.24, 2.45) is 0 Å². The van der Waals surface area contributed by atoms with Gasteiger partial charge in [-0.2, -0.15) is 18.2 Å². The van der Waals surface area contributed by atoms with Gasteiger partial charge >= 0.3 is 42.6 Å². The molecule has 0 atom stereocenters. The minimum absolute atomic E-state index is 0.0122. The van der Waals surface area contributed by atoms with Crippen LogP contribution in [0.2, 0.25) is 0 Å². The molecule has 5 heteroatoms. The Balaban J connectivity index is 0. The van der Waals surface area contributed by atoms with Crippen molar-refractivity contribution >= 4 is 27.9 Å². The van der Waals surface area contributed by atoms with Crippen molar-refractivity contribution in [2.75, 3.05) is 6.61 Å². The van der Waals surface area contributed by atoms with Gasteiger partial charge in [-0.15, -0.1) is 0 Å². The summed E-state index contributed by atoms with van der Waals surface area (Å²) >= 11 is -1.92. The van der Waals surface area contributed by atoms with E-state index in [4.69, 9.17) is 32.7 Å². The van der Waals surface area contributed by atoms with Gasteiger partial charge in [-0.1, -0.05) is 6.61 Å². The largest absolute Gasteiger partial charge is 0.214 e. The predicted octanol–water partition coefficient (Wildman–Crippen LogP) is 5.11. The fourth-order valence-corrected chi connectivity index (χ4v) is 0.627. The molecule has 0 bridgehead atoms. The molecule has 0 heterocycles. The third kappa shape index (κ3) is 29.4. The molecule has 0 radical (unpaired) electrons. The Morgan fingerprint density at radius 1 is 1.19 bits per heavy atom. The van der Waals surface area contributed by atoms with E-state index in [1.165, 1.54) is 0 Å². The Kier molecular flexibility index (Phi) is 14.9. The zero-order valence-corrected chi connectivity index (χ0v) is 13.7. The van der Waals surface area contributed by atoms with Crippen LogP contribution in [0, 0.1) is 6.92 Å². The fourth-order valence-electron chi connectivity index (χ4n) is 0.627. The second-order valence-electron chi connectivity index (χ2n) is 3.64. The van der Waals surface area contributed by atoms with E-state index in [1.54, 1.807) is 0 Å². The third-order valence-electron chi connectivity index (χ3n) is 1.09. The molecular weight excluding hydrogens is 302 g/mol. The molecule has 0 aliphatic rings. The van der Waals surface area contributed by atoms with E-state index in [2.05, 4.69) is 6.92 Å². The number of hydrogen-bond donors (Lipinski definition) is 0. The van der Waals surface area contributed by atoms with E-state index in [0.717, 1.165) is 0 Å². The summed E-state index contributed by atoms with van der Waals surface area (Å²) in [5.74, 6) is 0. The maximum Gasteiger partial charge on any atom is -0.172 e. The van der Waals surface area contributed by atoms with Gasteiger partial charge in [0.05, 0.1) is 5.60 Å². The predicted molar refractivity (Wildman–Crippen MR) is 70.7 cm³/mol. The van der Waals surface area contributed by atoms with Gasteiger partial charge in [-0.25, -0.2) is 12.1 Å². The molecule has 0 fully saturated rings. The molecule has 1 aromatic rings. The van der Waals surface area contributed by atoms with Crippen LogP contribution >= 0.6 is 27.9 Å². The smallest absolute Gasteiger partial charge is 0.172 e. The average Bonchev–Trinajstić information content (AvgIpc) is 2.55. The molecule has 0 saturated heterocycles. The first kappa shape index (κ1) is 19.2. The van der Waals surface area contributed by atoms with Crippen LogP contribution in [0.1, 0.15) is 20.8 Å². The summed E-state index contributed by atoms with van der Waals surface area (Å²) in [6.07, 6.45) is 0. The van der Waals surface area contributed by atoms with Crippen molar-refractivity contribution < 1.29 is 19.4 Å². The van der Waals surface area contributed by atoms with Crippen LogP contribution in [0.15, 0.2) is 30.3 Å². The zero-order valence-electron chi connectivity index (χ0n) is 9.84. The fraction of sp³-hybridized carbons (Fsp3) is 0.455. The molecule has 0 amide bonds. The van der Waals surface area contributed by atoms with Crippen LogP contribution in [0.25, 0.3) is 0 Å².